The van der Waals surface area contributed by atoms with Gasteiger partial charge in [-0.1, -0.05) is 72.8 Å². The maximum atomic E-state index is 14.5. The van der Waals surface area contributed by atoms with E-state index in [4.69, 9.17) is 0 Å². The van der Waals surface area contributed by atoms with Gasteiger partial charge in [0.1, 0.15) is 6.04 Å². The molecule has 5 aromatic rings. The van der Waals surface area contributed by atoms with E-state index < -0.39 is 23.7 Å². The number of likely N-dealkylation sites (tertiary alicyclic amines) is 1. The van der Waals surface area contributed by atoms with Crippen LogP contribution in [0.3, 0.4) is 0 Å². The molecule has 0 saturated carbocycles. The first-order valence-electron chi connectivity index (χ1n) is 17.6. The largest absolute Gasteiger partial charge is 0.416 e. The van der Waals surface area contributed by atoms with Crippen LogP contribution in [0.4, 0.5) is 13.2 Å². The summed E-state index contributed by atoms with van der Waals surface area (Å²) in [5, 5.41) is 1.89. The van der Waals surface area contributed by atoms with E-state index in [9.17, 15) is 22.8 Å². The van der Waals surface area contributed by atoms with Crippen molar-refractivity contribution in [3.05, 3.63) is 148 Å². The van der Waals surface area contributed by atoms with Crippen molar-refractivity contribution in [2.75, 3.05) is 13.1 Å². The van der Waals surface area contributed by atoms with Gasteiger partial charge >= 0.3 is 6.18 Å². The highest BCUT2D eigenvalue weighted by Crippen LogP contribution is 2.30. The number of aryl methyl sites for hydroxylation is 1. The zero-order valence-electron chi connectivity index (χ0n) is 28.8. The van der Waals surface area contributed by atoms with Crippen LogP contribution in [-0.2, 0) is 35.2 Å². The summed E-state index contributed by atoms with van der Waals surface area (Å²) in [7, 11) is 0. The van der Waals surface area contributed by atoms with Gasteiger partial charge in [0.05, 0.1) is 22.5 Å². The SMILES string of the molecule is O=C([C@H](Cc1cscn1)N(Cc1ccc(-c2ccccn2)cc1)C(=O)/C=C/c1ccc(C(F)(F)F)cc1)N1CCC(CCCc2ccccc2)CC1. The fraction of sp³-hybridized carbons (Fsp3) is 0.286. The smallest absolute Gasteiger partial charge is 0.341 e. The molecule has 1 atom stereocenters. The number of rotatable bonds is 13. The van der Waals surface area contributed by atoms with E-state index in [1.54, 1.807) is 16.6 Å². The minimum atomic E-state index is -4.46. The Balaban J connectivity index is 1.22. The third-order valence-corrected chi connectivity index (χ3v) is 10.2. The number of halogens is 3. The monoisotopic (exact) mass is 722 g/mol. The van der Waals surface area contributed by atoms with Crippen LogP contribution in [0.2, 0.25) is 0 Å². The fourth-order valence-corrected chi connectivity index (χ4v) is 7.23. The van der Waals surface area contributed by atoms with Crippen LogP contribution < -0.4 is 0 Å². The number of thiazole rings is 1. The van der Waals surface area contributed by atoms with Crippen molar-refractivity contribution < 1.29 is 22.8 Å². The van der Waals surface area contributed by atoms with Gasteiger partial charge < -0.3 is 9.80 Å². The molecule has 6 nitrogen and oxygen atoms in total. The highest BCUT2D eigenvalue weighted by atomic mass is 32.1. The van der Waals surface area contributed by atoms with Gasteiger partial charge in [-0.2, -0.15) is 13.2 Å². The predicted octanol–water partition coefficient (Wildman–Crippen LogP) is 9.14. The van der Waals surface area contributed by atoms with Gasteiger partial charge in [-0.05, 0) is 85.1 Å². The van der Waals surface area contributed by atoms with Crippen molar-refractivity contribution in [3.8, 4) is 11.3 Å². The molecule has 1 aliphatic heterocycles. The van der Waals surface area contributed by atoms with Crippen LogP contribution in [0.25, 0.3) is 17.3 Å². The molecule has 52 heavy (non-hydrogen) atoms. The van der Waals surface area contributed by atoms with Crippen molar-refractivity contribution in [2.24, 2.45) is 5.92 Å². The molecule has 0 radical (unpaired) electrons. The Morgan fingerprint density at radius 2 is 1.62 bits per heavy atom. The van der Waals surface area contributed by atoms with Gasteiger partial charge in [-0.15, -0.1) is 11.3 Å². The molecule has 2 amide bonds. The molecule has 1 aliphatic rings. The summed E-state index contributed by atoms with van der Waals surface area (Å²) in [6, 6.07) is 27.7. The van der Waals surface area contributed by atoms with Gasteiger partial charge in [-0.25, -0.2) is 4.98 Å². The lowest BCUT2D eigenvalue weighted by atomic mass is 9.90. The van der Waals surface area contributed by atoms with Crippen LogP contribution >= 0.6 is 11.3 Å². The highest BCUT2D eigenvalue weighted by molar-refractivity contribution is 7.07. The summed E-state index contributed by atoms with van der Waals surface area (Å²) >= 11 is 1.43. The number of hydrogen-bond acceptors (Lipinski definition) is 5. The zero-order valence-corrected chi connectivity index (χ0v) is 29.6. The Kier molecular flexibility index (Phi) is 12.3. The average molecular weight is 723 g/mol. The minimum Gasteiger partial charge on any atom is -0.341 e. The Morgan fingerprint density at radius 3 is 2.27 bits per heavy atom. The number of aromatic nitrogens is 2. The third-order valence-electron chi connectivity index (χ3n) is 9.60. The zero-order chi connectivity index (χ0) is 36.3. The van der Waals surface area contributed by atoms with Crippen LogP contribution in [-0.4, -0.2) is 50.7 Å². The van der Waals surface area contributed by atoms with Crippen molar-refractivity contribution in [1.82, 2.24) is 19.8 Å². The molecule has 268 valence electrons. The van der Waals surface area contributed by atoms with Crippen LogP contribution in [0.5, 0.6) is 0 Å². The number of amides is 2. The summed E-state index contributed by atoms with van der Waals surface area (Å²) in [4.78, 5) is 41.0. The molecular formula is C42H41F3N4O2S. The van der Waals surface area contributed by atoms with Crippen molar-refractivity contribution >= 4 is 29.2 Å². The first-order valence-corrected chi connectivity index (χ1v) is 18.5. The van der Waals surface area contributed by atoms with Gasteiger partial charge in [0, 0.05) is 49.3 Å². The Hall–Kier alpha value is -5.09. The minimum absolute atomic E-state index is 0.128. The van der Waals surface area contributed by atoms with Gasteiger partial charge in [0.25, 0.3) is 0 Å². The number of nitrogens with zero attached hydrogens (tertiary/aromatic N) is 4. The van der Waals surface area contributed by atoms with Gasteiger partial charge in [0.15, 0.2) is 0 Å². The van der Waals surface area contributed by atoms with E-state index in [1.807, 2.05) is 58.8 Å². The first-order chi connectivity index (χ1) is 25.2. The van der Waals surface area contributed by atoms with Crippen LogP contribution in [0.15, 0.2) is 120 Å². The Morgan fingerprint density at radius 1 is 0.885 bits per heavy atom. The lowest BCUT2D eigenvalue weighted by molar-refractivity contribution is -0.145. The maximum Gasteiger partial charge on any atom is 0.416 e. The van der Waals surface area contributed by atoms with E-state index >= 15 is 0 Å². The lowest BCUT2D eigenvalue weighted by Gasteiger charge is -2.38. The van der Waals surface area contributed by atoms with E-state index in [0.717, 1.165) is 61.1 Å². The first kappa shape index (κ1) is 36.7. The molecule has 3 aromatic carbocycles. The quantitative estimate of drug-likeness (QED) is 0.114. The van der Waals surface area contributed by atoms with E-state index in [-0.39, 0.29) is 18.9 Å². The molecule has 0 aliphatic carbocycles. The number of piperidine rings is 1. The van der Waals surface area contributed by atoms with E-state index in [1.165, 1.54) is 41.2 Å². The molecule has 0 bridgehead atoms. The van der Waals surface area contributed by atoms with E-state index in [0.29, 0.717) is 30.3 Å². The lowest BCUT2D eigenvalue weighted by Crippen LogP contribution is -2.53. The number of carbonyl (C=O) groups is 2. The third kappa shape index (κ3) is 10.0. The topological polar surface area (TPSA) is 66.4 Å². The van der Waals surface area contributed by atoms with Crippen molar-refractivity contribution in [1.29, 1.82) is 0 Å². The molecule has 2 aromatic heterocycles. The molecule has 0 unspecified atom stereocenters. The fourth-order valence-electron chi connectivity index (χ4n) is 6.66. The second-order valence-corrected chi connectivity index (χ2v) is 13.9. The average Bonchev–Trinajstić information content (AvgIpc) is 3.69. The molecule has 0 spiro atoms. The summed E-state index contributed by atoms with van der Waals surface area (Å²) in [5.41, 5.74) is 6.01. The van der Waals surface area contributed by atoms with Crippen LogP contribution in [0.1, 0.15) is 53.6 Å². The van der Waals surface area contributed by atoms with Gasteiger partial charge in [-0.3, -0.25) is 14.6 Å². The van der Waals surface area contributed by atoms with Crippen LogP contribution in [0, 0.1) is 5.92 Å². The number of benzene rings is 3. The number of carbonyl (C=O) groups excluding carboxylic acids is 2. The normalized spacial score (nSPS) is 14.4. The number of hydrogen-bond donors (Lipinski definition) is 0. The number of pyridine rings is 1. The molecule has 3 heterocycles. The second-order valence-electron chi connectivity index (χ2n) is 13.2. The molecule has 1 saturated heterocycles. The number of alkyl halides is 3. The summed E-state index contributed by atoms with van der Waals surface area (Å²) in [5.74, 6) is -0.0121. The second kappa shape index (κ2) is 17.4. The van der Waals surface area contributed by atoms with Gasteiger partial charge in [0.2, 0.25) is 11.8 Å². The molecular weight excluding hydrogens is 682 g/mol. The Labute approximate surface area is 306 Å². The molecule has 10 heteroatoms. The van der Waals surface area contributed by atoms with E-state index in [2.05, 4.69) is 34.2 Å². The maximum absolute atomic E-state index is 14.5. The summed E-state index contributed by atoms with van der Waals surface area (Å²) < 4.78 is 39.5. The van der Waals surface area contributed by atoms with Crippen molar-refractivity contribution in [3.63, 3.8) is 0 Å². The molecule has 6 rings (SSSR count). The summed E-state index contributed by atoms with van der Waals surface area (Å²) in [6.45, 7) is 1.38. The summed E-state index contributed by atoms with van der Waals surface area (Å²) in [6.07, 6.45) is 5.39. The van der Waals surface area contributed by atoms with Crippen molar-refractivity contribution in [2.45, 2.75) is 57.3 Å². The molecule has 0 N–H and O–H groups in total. The highest BCUT2D eigenvalue weighted by Gasteiger charge is 2.35. The standard InChI is InChI=1S/C42H41F3N4O2S/c43-42(44,45)36-19-14-33(15-20-36)16-21-40(50)49(28-34-12-17-35(18-13-34)38-11-4-5-24-46-38)39(27-37-29-52-30-47-37)41(51)48-25-22-32(23-26-48)10-6-9-31-7-2-1-3-8-31/h1-5,7-8,11-21,24,29-30,32,39H,6,9-10,22-23,25-28H2/b21-16+/t39-/m0/s1. The molecule has 1 fully saturated rings. The predicted molar refractivity (Wildman–Crippen MR) is 199 cm³/mol. The Bertz CT molecular complexity index is 1890.